The van der Waals surface area contributed by atoms with Crippen LogP contribution >= 0.6 is 0 Å². The van der Waals surface area contributed by atoms with Crippen LogP contribution in [0.2, 0.25) is 0 Å². The lowest BCUT2D eigenvalue weighted by molar-refractivity contribution is -0.0952. The van der Waals surface area contributed by atoms with Gasteiger partial charge in [0.25, 0.3) is 0 Å². The average Bonchev–Trinajstić information content (AvgIpc) is 2.37. The summed E-state index contributed by atoms with van der Waals surface area (Å²) in [4.78, 5) is 4.06. The lowest BCUT2D eigenvalue weighted by atomic mass is 9.88. The first kappa shape index (κ1) is 15.0. The van der Waals surface area contributed by atoms with Crippen molar-refractivity contribution in [2.24, 2.45) is 0 Å². The van der Waals surface area contributed by atoms with Crippen LogP contribution in [0.3, 0.4) is 0 Å². The number of sulfone groups is 1. The van der Waals surface area contributed by atoms with E-state index in [0.29, 0.717) is 18.5 Å². The van der Waals surface area contributed by atoms with E-state index in [1.165, 1.54) is 24.4 Å². The summed E-state index contributed by atoms with van der Waals surface area (Å²) in [5.74, 6) is -0.408. The highest BCUT2D eigenvalue weighted by molar-refractivity contribution is 7.90. The Morgan fingerprint density at radius 1 is 1.30 bits per heavy atom. The lowest BCUT2D eigenvalue weighted by Crippen LogP contribution is -2.17. The second-order valence-corrected chi connectivity index (χ2v) is 6.90. The van der Waals surface area contributed by atoms with Crippen molar-refractivity contribution in [2.45, 2.75) is 36.3 Å². The number of halogens is 3. The molecule has 0 amide bonds. The van der Waals surface area contributed by atoms with Crippen molar-refractivity contribution in [2.75, 3.05) is 6.26 Å². The maximum atomic E-state index is 12.7. The fourth-order valence-electron chi connectivity index (χ4n) is 2.22. The van der Waals surface area contributed by atoms with E-state index in [4.69, 9.17) is 0 Å². The maximum Gasteiger partial charge on any atom is 0.412 e. The summed E-state index contributed by atoms with van der Waals surface area (Å²) in [5.41, 5.74) is -0.0541. The molecule has 7 heteroatoms. The highest BCUT2D eigenvalue weighted by Crippen LogP contribution is 2.38. The summed E-state index contributed by atoms with van der Waals surface area (Å²) < 4.78 is 60.7. The first-order valence-electron chi connectivity index (χ1n) is 6.12. The molecule has 1 atom stereocenters. The quantitative estimate of drug-likeness (QED) is 0.788. The molecule has 20 heavy (non-hydrogen) atoms. The molecule has 0 spiro atoms. The Kier molecular flexibility index (Phi) is 3.90. The van der Waals surface area contributed by atoms with Crippen LogP contribution in [-0.2, 0) is 9.84 Å². The van der Waals surface area contributed by atoms with E-state index in [-0.39, 0.29) is 11.3 Å². The summed E-state index contributed by atoms with van der Waals surface area (Å²) in [6, 6.07) is 2.87. The Bertz CT molecular complexity index is 618. The van der Waals surface area contributed by atoms with Crippen LogP contribution in [0.4, 0.5) is 13.2 Å². The van der Waals surface area contributed by atoms with Crippen molar-refractivity contribution in [3.63, 3.8) is 0 Å². The number of allylic oxidation sites excluding steroid dienone is 2. The molecule has 0 N–H and O–H groups in total. The van der Waals surface area contributed by atoms with E-state index < -0.39 is 27.5 Å². The Hall–Kier alpha value is -1.37. The van der Waals surface area contributed by atoms with E-state index in [9.17, 15) is 21.6 Å². The van der Waals surface area contributed by atoms with Crippen molar-refractivity contribution in [3.8, 4) is 0 Å². The molecule has 3 nitrogen and oxygen atoms in total. The molecule has 1 aliphatic rings. The van der Waals surface area contributed by atoms with Gasteiger partial charge in [-0.15, -0.1) is 0 Å². The van der Waals surface area contributed by atoms with Gasteiger partial charge in [-0.25, -0.2) is 8.42 Å². The van der Waals surface area contributed by atoms with E-state index in [1.807, 2.05) is 0 Å². The van der Waals surface area contributed by atoms with Gasteiger partial charge in [0.2, 0.25) is 0 Å². The third-order valence-corrected chi connectivity index (χ3v) is 4.39. The molecule has 1 unspecified atom stereocenters. The zero-order valence-electron chi connectivity index (χ0n) is 10.8. The Labute approximate surface area is 115 Å². The Morgan fingerprint density at radius 2 is 2.00 bits per heavy atom. The van der Waals surface area contributed by atoms with Crippen molar-refractivity contribution in [1.82, 2.24) is 4.98 Å². The van der Waals surface area contributed by atoms with Gasteiger partial charge >= 0.3 is 6.18 Å². The van der Waals surface area contributed by atoms with Gasteiger partial charge in [-0.2, -0.15) is 13.2 Å². The van der Waals surface area contributed by atoms with Crippen molar-refractivity contribution in [3.05, 3.63) is 35.7 Å². The zero-order valence-corrected chi connectivity index (χ0v) is 11.6. The van der Waals surface area contributed by atoms with Gasteiger partial charge < -0.3 is 0 Å². The van der Waals surface area contributed by atoms with Gasteiger partial charge in [-0.05, 0) is 31.4 Å². The van der Waals surface area contributed by atoms with E-state index >= 15 is 0 Å². The number of pyridine rings is 1. The fourth-order valence-corrected chi connectivity index (χ4v) is 2.78. The minimum atomic E-state index is -4.30. The molecule has 0 saturated carbocycles. The molecule has 1 aromatic heterocycles. The molecule has 0 radical (unpaired) electrons. The zero-order chi connectivity index (χ0) is 15.0. The molecule has 0 saturated heterocycles. The van der Waals surface area contributed by atoms with E-state index in [1.54, 1.807) is 0 Å². The smallest absolute Gasteiger partial charge is 0.259 e. The summed E-state index contributed by atoms with van der Waals surface area (Å²) >= 11 is 0. The molecule has 2 rings (SSSR count). The van der Waals surface area contributed by atoms with Crippen LogP contribution in [-0.4, -0.2) is 25.8 Å². The summed E-state index contributed by atoms with van der Waals surface area (Å²) in [5, 5.41) is 0. The normalized spacial score (nSPS) is 20.6. The first-order chi connectivity index (χ1) is 9.18. The topological polar surface area (TPSA) is 47.0 Å². The number of nitrogens with zero attached hydrogens (tertiary/aromatic N) is 1. The van der Waals surface area contributed by atoms with Gasteiger partial charge in [-0.3, -0.25) is 4.98 Å². The maximum absolute atomic E-state index is 12.7. The van der Waals surface area contributed by atoms with Crippen molar-refractivity contribution < 1.29 is 21.6 Å². The third kappa shape index (κ3) is 3.39. The van der Waals surface area contributed by atoms with E-state index in [0.717, 1.165) is 6.26 Å². The molecule has 1 aromatic rings. The molecule has 1 aliphatic carbocycles. The molecule has 0 aliphatic heterocycles. The molecule has 110 valence electrons. The van der Waals surface area contributed by atoms with Gasteiger partial charge in [-0.1, -0.05) is 6.08 Å². The second-order valence-electron chi connectivity index (χ2n) is 4.88. The number of hydrogen-bond donors (Lipinski definition) is 0. The predicted octanol–water partition coefficient (Wildman–Crippen LogP) is 3.24. The van der Waals surface area contributed by atoms with Gasteiger partial charge in [0, 0.05) is 29.6 Å². The number of aromatic nitrogens is 1. The Morgan fingerprint density at radius 3 is 2.50 bits per heavy atom. The molecular formula is C13H14F3NO2S. The molecule has 0 aromatic carbocycles. The summed E-state index contributed by atoms with van der Waals surface area (Å²) in [7, 11) is -3.34. The van der Waals surface area contributed by atoms with Crippen molar-refractivity contribution in [1.29, 1.82) is 0 Å². The summed E-state index contributed by atoms with van der Waals surface area (Å²) in [6.07, 6.45) is 0.224. The minimum absolute atomic E-state index is 0.0292. The first-order valence-corrected chi connectivity index (χ1v) is 8.01. The molecule has 0 fully saturated rings. The molecule has 0 bridgehead atoms. The number of hydrogen-bond acceptors (Lipinski definition) is 3. The highest BCUT2D eigenvalue weighted by atomic mass is 32.2. The van der Waals surface area contributed by atoms with Crippen molar-refractivity contribution >= 4 is 9.84 Å². The van der Waals surface area contributed by atoms with E-state index in [2.05, 4.69) is 4.98 Å². The summed E-state index contributed by atoms with van der Waals surface area (Å²) in [6.45, 7) is 0. The van der Waals surface area contributed by atoms with Gasteiger partial charge in [0.15, 0.2) is 9.84 Å². The number of rotatable bonds is 2. The molecule has 1 heterocycles. The second kappa shape index (κ2) is 5.20. The fraction of sp³-hybridized carbons (Fsp3) is 0.462. The van der Waals surface area contributed by atoms with Crippen LogP contribution in [0, 0.1) is 0 Å². The minimum Gasteiger partial charge on any atom is -0.259 e. The third-order valence-electron chi connectivity index (χ3n) is 3.29. The van der Waals surface area contributed by atoms with Crippen LogP contribution in [0.5, 0.6) is 0 Å². The largest absolute Gasteiger partial charge is 0.412 e. The van der Waals surface area contributed by atoms with Gasteiger partial charge in [0.05, 0.1) is 4.90 Å². The SMILES string of the molecule is CS(=O)(=O)c1ccc(C2C=C(C(F)(F)F)CCC2)nc1. The predicted molar refractivity (Wildman–Crippen MR) is 68.1 cm³/mol. The lowest BCUT2D eigenvalue weighted by Gasteiger charge is -2.22. The standard InChI is InChI=1S/C13H14F3NO2S/c1-20(18,19)11-5-6-12(17-8-11)9-3-2-4-10(7-9)13(14,15)16/h5-9H,2-4H2,1H3. The van der Waals surface area contributed by atoms with Crippen LogP contribution in [0.15, 0.2) is 34.9 Å². The monoisotopic (exact) mass is 305 g/mol. The van der Waals surface area contributed by atoms with Crippen LogP contribution < -0.4 is 0 Å². The number of alkyl halides is 3. The molecular weight excluding hydrogens is 291 g/mol. The highest BCUT2D eigenvalue weighted by Gasteiger charge is 2.35. The average molecular weight is 305 g/mol. The van der Waals surface area contributed by atoms with Crippen LogP contribution in [0.25, 0.3) is 0 Å². The van der Waals surface area contributed by atoms with Gasteiger partial charge in [0.1, 0.15) is 0 Å². The Balaban J connectivity index is 2.28. The van der Waals surface area contributed by atoms with Crippen LogP contribution in [0.1, 0.15) is 30.9 Å².